The van der Waals surface area contributed by atoms with Gasteiger partial charge in [0.05, 0.1) is 18.7 Å². The Kier molecular flexibility index (Phi) is 6.97. The van der Waals surface area contributed by atoms with Crippen LogP contribution in [-0.2, 0) is 9.53 Å². The van der Waals surface area contributed by atoms with E-state index >= 15 is 0 Å². The van der Waals surface area contributed by atoms with Crippen LogP contribution in [0.5, 0.6) is 5.75 Å². The van der Waals surface area contributed by atoms with Crippen molar-refractivity contribution in [2.24, 2.45) is 0 Å². The number of benzene rings is 1. The smallest absolute Gasteiger partial charge is 0.325 e. The monoisotopic (exact) mass is 320 g/mol. The van der Waals surface area contributed by atoms with Crippen LogP contribution >= 0.6 is 23.2 Å². The number of urea groups is 1. The summed E-state index contributed by atoms with van der Waals surface area (Å²) < 4.78 is 9.74. The molecule has 2 amide bonds. The number of hydrogen-bond donors (Lipinski definition) is 2. The zero-order chi connectivity index (χ0) is 15.0. The molecule has 0 unspecified atom stereocenters. The molecule has 8 heteroatoms. The third kappa shape index (κ3) is 5.54. The lowest BCUT2D eigenvalue weighted by molar-refractivity contribution is -0.139. The molecule has 0 atom stereocenters. The molecule has 2 N–H and O–H groups in total. The van der Waals surface area contributed by atoms with Gasteiger partial charge in [-0.2, -0.15) is 0 Å². The summed E-state index contributed by atoms with van der Waals surface area (Å²) in [6.07, 6.45) is 0. The summed E-state index contributed by atoms with van der Waals surface area (Å²) in [4.78, 5) is 22.0. The zero-order valence-corrected chi connectivity index (χ0v) is 12.3. The second-order valence-corrected chi connectivity index (χ2v) is 4.37. The van der Waals surface area contributed by atoms with Gasteiger partial charge in [-0.1, -0.05) is 29.3 Å². The summed E-state index contributed by atoms with van der Waals surface area (Å²) in [6, 6.07) is 4.54. The lowest BCUT2D eigenvalue weighted by atomic mass is 10.3. The van der Waals surface area contributed by atoms with Gasteiger partial charge in [0.15, 0.2) is 0 Å². The number of amides is 2. The van der Waals surface area contributed by atoms with E-state index in [2.05, 4.69) is 15.4 Å². The Bertz CT molecular complexity index is 483. The molecule has 0 saturated heterocycles. The minimum atomic E-state index is -0.526. The van der Waals surface area contributed by atoms with Crippen molar-refractivity contribution in [1.82, 2.24) is 10.6 Å². The fourth-order valence-corrected chi connectivity index (χ4v) is 1.55. The Balaban J connectivity index is 2.23. The molecule has 0 aliphatic heterocycles. The number of carbonyl (C=O) groups excluding carboxylic acids is 2. The second-order valence-electron chi connectivity index (χ2n) is 3.59. The Morgan fingerprint density at radius 3 is 2.70 bits per heavy atom. The predicted molar refractivity (Wildman–Crippen MR) is 75.4 cm³/mol. The van der Waals surface area contributed by atoms with Gasteiger partial charge in [0, 0.05) is 0 Å². The van der Waals surface area contributed by atoms with Crippen molar-refractivity contribution in [3.63, 3.8) is 0 Å². The summed E-state index contributed by atoms with van der Waals surface area (Å²) in [5.41, 5.74) is 0. The molecule has 6 nitrogen and oxygen atoms in total. The van der Waals surface area contributed by atoms with Crippen molar-refractivity contribution in [3.8, 4) is 5.75 Å². The number of nitrogens with one attached hydrogen (secondary N) is 2. The first kappa shape index (κ1) is 16.4. The predicted octanol–water partition coefficient (Wildman–Crippen LogP) is 1.84. The van der Waals surface area contributed by atoms with Crippen LogP contribution in [0.25, 0.3) is 0 Å². The van der Waals surface area contributed by atoms with E-state index in [0.29, 0.717) is 15.8 Å². The maximum Gasteiger partial charge on any atom is 0.325 e. The summed E-state index contributed by atoms with van der Waals surface area (Å²) in [5.74, 6) is -0.0851. The number of esters is 1. The molecule has 0 radical (unpaired) electrons. The quantitative estimate of drug-likeness (QED) is 0.619. The SMILES string of the molecule is COC(=O)CNC(=O)NCCOc1cccc(Cl)c1Cl. The Hall–Kier alpha value is -1.66. The molecule has 0 bridgehead atoms. The molecule has 1 rings (SSSR count). The maximum absolute atomic E-state index is 11.3. The second kappa shape index (κ2) is 8.50. The normalized spacial score (nSPS) is 9.75. The molecule has 1 aromatic rings. The summed E-state index contributed by atoms with van der Waals surface area (Å²) in [7, 11) is 1.24. The highest BCUT2D eigenvalue weighted by Crippen LogP contribution is 2.31. The van der Waals surface area contributed by atoms with Gasteiger partial charge in [0.1, 0.15) is 23.9 Å². The Morgan fingerprint density at radius 2 is 2.00 bits per heavy atom. The van der Waals surface area contributed by atoms with E-state index in [1.54, 1.807) is 18.2 Å². The molecule has 0 saturated carbocycles. The van der Waals surface area contributed by atoms with Crippen molar-refractivity contribution >= 4 is 35.2 Å². The van der Waals surface area contributed by atoms with Crippen molar-refractivity contribution in [2.45, 2.75) is 0 Å². The van der Waals surface area contributed by atoms with E-state index in [1.807, 2.05) is 0 Å². The van der Waals surface area contributed by atoms with Crippen LogP contribution < -0.4 is 15.4 Å². The van der Waals surface area contributed by atoms with Crippen molar-refractivity contribution in [1.29, 1.82) is 0 Å². The lowest BCUT2D eigenvalue weighted by Gasteiger charge is -2.10. The maximum atomic E-state index is 11.3. The molecule has 0 fully saturated rings. The van der Waals surface area contributed by atoms with E-state index in [-0.39, 0.29) is 19.7 Å². The fraction of sp³-hybridized carbons (Fsp3) is 0.333. The first-order valence-corrected chi connectivity index (χ1v) is 6.45. The standard InChI is InChI=1S/C12H14Cl2N2O4/c1-19-10(17)7-16-12(18)15-5-6-20-9-4-2-3-8(13)11(9)14/h2-4H,5-7H2,1H3,(H2,15,16,18). The molecule has 0 aliphatic carbocycles. The Morgan fingerprint density at radius 1 is 1.25 bits per heavy atom. The molecule has 0 spiro atoms. The van der Waals surface area contributed by atoms with Gasteiger partial charge >= 0.3 is 12.0 Å². The highest BCUT2D eigenvalue weighted by Gasteiger charge is 2.06. The van der Waals surface area contributed by atoms with Crippen LogP contribution in [0.15, 0.2) is 18.2 Å². The van der Waals surface area contributed by atoms with E-state index in [9.17, 15) is 9.59 Å². The number of methoxy groups -OCH3 is 1. The number of ether oxygens (including phenoxy) is 2. The summed E-state index contributed by atoms with van der Waals surface area (Å²) in [5, 5.41) is 5.55. The van der Waals surface area contributed by atoms with Crippen LogP contribution in [-0.4, -0.2) is 38.8 Å². The molecule has 110 valence electrons. The van der Waals surface area contributed by atoms with Crippen LogP contribution in [0.1, 0.15) is 0 Å². The molecular weight excluding hydrogens is 307 g/mol. The van der Waals surface area contributed by atoms with E-state index in [4.69, 9.17) is 27.9 Å². The topological polar surface area (TPSA) is 76.7 Å². The van der Waals surface area contributed by atoms with Crippen LogP contribution in [0, 0.1) is 0 Å². The van der Waals surface area contributed by atoms with Gasteiger partial charge in [-0.05, 0) is 12.1 Å². The third-order valence-electron chi connectivity index (χ3n) is 2.18. The van der Waals surface area contributed by atoms with Crippen molar-refractivity contribution in [2.75, 3.05) is 26.8 Å². The van der Waals surface area contributed by atoms with Gasteiger partial charge < -0.3 is 20.1 Å². The molecule has 0 aromatic heterocycles. The van der Waals surface area contributed by atoms with Gasteiger partial charge in [-0.25, -0.2) is 4.79 Å². The van der Waals surface area contributed by atoms with Crippen molar-refractivity contribution < 1.29 is 19.1 Å². The minimum absolute atomic E-state index is 0.191. The fourth-order valence-electron chi connectivity index (χ4n) is 1.21. The van der Waals surface area contributed by atoms with Gasteiger partial charge in [0.25, 0.3) is 0 Å². The largest absolute Gasteiger partial charge is 0.490 e. The highest BCUT2D eigenvalue weighted by atomic mass is 35.5. The first-order chi connectivity index (χ1) is 9.54. The van der Waals surface area contributed by atoms with Gasteiger partial charge in [0.2, 0.25) is 0 Å². The third-order valence-corrected chi connectivity index (χ3v) is 2.98. The zero-order valence-electron chi connectivity index (χ0n) is 10.7. The molecule has 1 aromatic carbocycles. The summed E-state index contributed by atoms with van der Waals surface area (Å²) >= 11 is 11.8. The van der Waals surface area contributed by atoms with Crippen LogP contribution in [0.3, 0.4) is 0 Å². The highest BCUT2D eigenvalue weighted by molar-refractivity contribution is 6.42. The average molecular weight is 321 g/mol. The number of hydrogen-bond acceptors (Lipinski definition) is 4. The van der Waals surface area contributed by atoms with Gasteiger partial charge in [-0.15, -0.1) is 0 Å². The Labute approximate surface area is 126 Å². The van der Waals surface area contributed by atoms with E-state index in [1.165, 1.54) is 7.11 Å². The number of halogens is 2. The average Bonchev–Trinajstić information content (AvgIpc) is 2.45. The van der Waals surface area contributed by atoms with Gasteiger partial charge in [-0.3, -0.25) is 4.79 Å². The van der Waals surface area contributed by atoms with Crippen LogP contribution in [0.2, 0.25) is 10.0 Å². The van der Waals surface area contributed by atoms with E-state index in [0.717, 1.165) is 0 Å². The number of rotatable bonds is 6. The minimum Gasteiger partial charge on any atom is -0.490 e. The van der Waals surface area contributed by atoms with Crippen LogP contribution in [0.4, 0.5) is 4.79 Å². The first-order valence-electron chi connectivity index (χ1n) is 5.70. The summed E-state index contributed by atoms with van der Waals surface area (Å²) in [6.45, 7) is 0.269. The van der Waals surface area contributed by atoms with Crippen molar-refractivity contribution in [3.05, 3.63) is 28.2 Å². The lowest BCUT2D eigenvalue weighted by Crippen LogP contribution is -2.40. The molecule has 0 heterocycles. The molecule has 0 aliphatic rings. The van der Waals surface area contributed by atoms with E-state index < -0.39 is 12.0 Å². The number of carbonyl (C=O) groups is 2. The molecule has 20 heavy (non-hydrogen) atoms. The molecular formula is C12H14Cl2N2O4.